The van der Waals surface area contributed by atoms with Crippen LogP contribution in [-0.4, -0.2) is 36.7 Å². The molecule has 2 atom stereocenters. The van der Waals surface area contributed by atoms with Crippen molar-refractivity contribution in [1.29, 1.82) is 0 Å². The average Bonchev–Trinajstić information content (AvgIpc) is 2.47. The van der Waals surface area contributed by atoms with E-state index >= 15 is 0 Å². The molecule has 0 bridgehead atoms. The summed E-state index contributed by atoms with van der Waals surface area (Å²) in [7, 11) is 0. The highest BCUT2D eigenvalue weighted by Crippen LogP contribution is 2.33. The third kappa shape index (κ3) is 3.11. The first-order valence-electron chi connectivity index (χ1n) is 6.92. The Morgan fingerprint density at radius 1 is 1.32 bits per heavy atom. The Bertz CT molecular complexity index is 403. The highest BCUT2D eigenvalue weighted by Gasteiger charge is 2.37. The van der Waals surface area contributed by atoms with Crippen molar-refractivity contribution in [2.24, 2.45) is 5.73 Å². The van der Waals surface area contributed by atoms with Gasteiger partial charge in [0.25, 0.3) is 0 Å². The second-order valence-corrected chi connectivity index (χ2v) is 5.78. The van der Waals surface area contributed by atoms with Gasteiger partial charge in [-0.15, -0.1) is 0 Å². The predicted octanol–water partition coefficient (Wildman–Crippen LogP) is 2.84. The first-order chi connectivity index (χ1) is 9.08. The molecule has 1 aromatic carbocycles. The molecule has 2 rings (SSSR count). The number of nitrogens with two attached hydrogens (primary N) is 1. The molecular formula is C15H23ClN2O. The lowest BCUT2D eigenvalue weighted by molar-refractivity contribution is -0.0277. The van der Waals surface area contributed by atoms with Gasteiger partial charge in [-0.3, -0.25) is 4.90 Å². The molecule has 1 saturated heterocycles. The molecule has 0 aromatic heterocycles. The fourth-order valence-corrected chi connectivity index (χ4v) is 2.87. The number of ether oxygens (including phenoxy) is 1. The molecule has 19 heavy (non-hydrogen) atoms. The van der Waals surface area contributed by atoms with Crippen molar-refractivity contribution in [3.05, 3.63) is 34.9 Å². The van der Waals surface area contributed by atoms with Gasteiger partial charge in [-0.05, 0) is 31.0 Å². The zero-order chi connectivity index (χ0) is 13.9. The molecule has 0 spiro atoms. The molecule has 0 aliphatic carbocycles. The van der Waals surface area contributed by atoms with Crippen LogP contribution in [0.4, 0.5) is 0 Å². The van der Waals surface area contributed by atoms with Crippen LogP contribution in [0.5, 0.6) is 0 Å². The molecule has 2 N–H and O–H groups in total. The Balaban J connectivity index is 2.21. The van der Waals surface area contributed by atoms with Gasteiger partial charge in [-0.2, -0.15) is 0 Å². The monoisotopic (exact) mass is 282 g/mol. The molecule has 1 aromatic rings. The fraction of sp³-hybridized carbons (Fsp3) is 0.600. The van der Waals surface area contributed by atoms with E-state index in [1.165, 1.54) is 0 Å². The first-order valence-corrected chi connectivity index (χ1v) is 7.29. The number of nitrogens with zero attached hydrogens (tertiary/aromatic N) is 1. The third-order valence-corrected chi connectivity index (χ3v) is 4.60. The minimum atomic E-state index is -0.0440. The van der Waals surface area contributed by atoms with Crippen LogP contribution < -0.4 is 5.73 Å². The highest BCUT2D eigenvalue weighted by molar-refractivity contribution is 6.30. The summed E-state index contributed by atoms with van der Waals surface area (Å²) in [5, 5.41) is 0.750. The summed E-state index contributed by atoms with van der Waals surface area (Å²) in [4.78, 5) is 2.45. The molecule has 106 valence electrons. The molecule has 1 heterocycles. The molecule has 2 unspecified atom stereocenters. The van der Waals surface area contributed by atoms with Crippen LogP contribution in [-0.2, 0) is 4.74 Å². The number of rotatable bonds is 4. The average molecular weight is 283 g/mol. The van der Waals surface area contributed by atoms with Crippen molar-refractivity contribution >= 4 is 11.6 Å². The van der Waals surface area contributed by atoms with Crippen LogP contribution in [0.3, 0.4) is 0 Å². The zero-order valence-corrected chi connectivity index (χ0v) is 12.5. The van der Waals surface area contributed by atoms with Crippen molar-refractivity contribution in [1.82, 2.24) is 4.90 Å². The molecule has 1 fully saturated rings. The standard InChI is InChI=1S/C15H23ClN2O/c1-3-15(2,18-8-10-19-11-9-18)14(17)12-4-6-13(16)7-5-12/h4-7,14H,3,8-11,17H2,1-2H3. The first kappa shape index (κ1) is 14.8. The molecule has 1 aliphatic heterocycles. The number of hydrogen-bond acceptors (Lipinski definition) is 3. The van der Waals surface area contributed by atoms with E-state index in [1.54, 1.807) is 0 Å². The summed E-state index contributed by atoms with van der Waals surface area (Å²) in [6.07, 6.45) is 1.01. The molecule has 3 nitrogen and oxygen atoms in total. The number of hydrogen-bond donors (Lipinski definition) is 1. The summed E-state index contributed by atoms with van der Waals surface area (Å²) in [5.41, 5.74) is 7.63. The van der Waals surface area contributed by atoms with Gasteiger partial charge in [0.15, 0.2) is 0 Å². The van der Waals surface area contributed by atoms with Gasteiger partial charge < -0.3 is 10.5 Å². The summed E-state index contributed by atoms with van der Waals surface area (Å²) < 4.78 is 5.44. The largest absolute Gasteiger partial charge is 0.379 e. The second-order valence-electron chi connectivity index (χ2n) is 5.34. The fourth-order valence-electron chi connectivity index (χ4n) is 2.74. The van der Waals surface area contributed by atoms with Crippen LogP contribution in [0.1, 0.15) is 31.9 Å². The Labute approximate surface area is 120 Å². The van der Waals surface area contributed by atoms with Gasteiger partial charge in [-0.1, -0.05) is 30.7 Å². The SMILES string of the molecule is CCC(C)(C(N)c1ccc(Cl)cc1)N1CCOCC1. The Kier molecular flexibility index (Phi) is 4.85. The third-order valence-electron chi connectivity index (χ3n) is 4.35. The predicted molar refractivity (Wildman–Crippen MR) is 79.5 cm³/mol. The van der Waals surface area contributed by atoms with Crippen molar-refractivity contribution < 1.29 is 4.74 Å². The van der Waals surface area contributed by atoms with E-state index in [0.29, 0.717) is 0 Å². The van der Waals surface area contributed by atoms with Crippen molar-refractivity contribution in [3.63, 3.8) is 0 Å². The van der Waals surface area contributed by atoms with Crippen LogP contribution >= 0.6 is 11.6 Å². The lowest BCUT2D eigenvalue weighted by Crippen LogP contribution is -2.56. The van der Waals surface area contributed by atoms with E-state index in [2.05, 4.69) is 18.7 Å². The summed E-state index contributed by atoms with van der Waals surface area (Å²) in [5.74, 6) is 0. The Morgan fingerprint density at radius 3 is 2.42 bits per heavy atom. The maximum Gasteiger partial charge on any atom is 0.0594 e. The van der Waals surface area contributed by atoms with Gasteiger partial charge in [0.05, 0.1) is 13.2 Å². The van der Waals surface area contributed by atoms with Gasteiger partial charge >= 0.3 is 0 Å². The van der Waals surface area contributed by atoms with Gasteiger partial charge in [0.2, 0.25) is 0 Å². The number of benzene rings is 1. The summed E-state index contributed by atoms with van der Waals surface area (Å²) in [6, 6.07) is 7.86. The Hall–Kier alpha value is -0.610. The quantitative estimate of drug-likeness (QED) is 0.923. The summed E-state index contributed by atoms with van der Waals surface area (Å²) >= 11 is 5.95. The maximum atomic E-state index is 6.54. The lowest BCUT2D eigenvalue weighted by Gasteiger charge is -2.46. The smallest absolute Gasteiger partial charge is 0.0594 e. The highest BCUT2D eigenvalue weighted by atomic mass is 35.5. The van der Waals surface area contributed by atoms with E-state index in [0.717, 1.165) is 43.3 Å². The number of morpholine rings is 1. The summed E-state index contributed by atoms with van der Waals surface area (Å²) in [6.45, 7) is 7.94. The Morgan fingerprint density at radius 2 is 1.89 bits per heavy atom. The van der Waals surface area contributed by atoms with Gasteiger partial charge in [0, 0.05) is 29.7 Å². The van der Waals surface area contributed by atoms with E-state index < -0.39 is 0 Å². The molecule has 0 saturated carbocycles. The molecule has 1 aliphatic rings. The number of halogens is 1. The van der Waals surface area contributed by atoms with Gasteiger partial charge in [0.1, 0.15) is 0 Å². The lowest BCUT2D eigenvalue weighted by atomic mass is 9.83. The van der Waals surface area contributed by atoms with Gasteiger partial charge in [-0.25, -0.2) is 0 Å². The normalized spacial score (nSPS) is 21.9. The molecule has 4 heteroatoms. The molecule has 0 amide bonds. The van der Waals surface area contributed by atoms with Crippen molar-refractivity contribution in [3.8, 4) is 0 Å². The zero-order valence-electron chi connectivity index (χ0n) is 11.7. The van der Waals surface area contributed by atoms with Crippen LogP contribution in [0.2, 0.25) is 5.02 Å². The topological polar surface area (TPSA) is 38.5 Å². The maximum absolute atomic E-state index is 6.54. The molecular weight excluding hydrogens is 260 g/mol. The van der Waals surface area contributed by atoms with Crippen molar-refractivity contribution in [2.45, 2.75) is 31.8 Å². The molecule has 0 radical (unpaired) electrons. The minimum absolute atomic E-state index is 0.0205. The van der Waals surface area contributed by atoms with E-state index in [4.69, 9.17) is 22.1 Å². The van der Waals surface area contributed by atoms with E-state index in [1.807, 2.05) is 24.3 Å². The van der Waals surface area contributed by atoms with Crippen molar-refractivity contribution in [2.75, 3.05) is 26.3 Å². The van der Waals surface area contributed by atoms with Crippen LogP contribution in [0.25, 0.3) is 0 Å². The van der Waals surface area contributed by atoms with Crippen LogP contribution in [0, 0.1) is 0 Å². The minimum Gasteiger partial charge on any atom is -0.379 e. The second kappa shape index (κ2) is 6.23. The van der Waals surface area contributed by atoms with Crippen LogP contribution in [0.15, 0.2) is 24.3 Å². The van der Waals surface area contributed by atoms with E-state index in [-0.39, 0.29) is 11.6 Å². The van der Waals surface area contributed by atoms with E-state index in [9.17, 15) is 0 Å².